The number of carboxylic acids is 1. The monoisotopic (exact) mass is 249 g/mol. The van der Waals surface area contributed by atoms with Crippen LogP contribution in [0.15, 0.2) is 18.2 Å². The molecule has 0 aromatic heterocycles. The molecule has 2 aliphatic heterocycles. The molecule has 1 fully saturated rings. The molecule has 0 amide bonds. The van der Waals surface area contributed by atoms with Crippen LogP contribution < -0.4 is 9.47 Å². The minimum Gasteiger partial charge on any atom is -0.480 e. The Morgan fingerprint density at radius 2 is 2.22 bits per heavy atom. The maximum atomic E-state index is 11.1. The van der Waals surface area contributed by atoms with E-state index >= 15 is 0 Å². The summed E-state index contributed by atoms with van der Waals surface area (Å²) in [5, 5.41) is 9.13. The van der Waals surface area contributed by atoms with Crippen molar-refractivity contribution >= 4 is 5.97 Å². The van der Waals surface area contributed by atoms with Crippen molar-refractivity contribution in [3.05, 3.63) is 23.8 Å². The molecular weight excluding hydrogens is 234 g/mol. The van der Waals surface area contributed by atoms with Crippen LogP contribution in [0.2, 0.25) is 0 Å². The molecule has 5 heteroatoms. The van der Waals surface area contributed by atoms with Gasteiger partial charge in [-0.1, -0.05) is 6.07 Å². The molecule has 1 N–H and O–H groups in total. The van der Waals surface area contributed by atoms with Crippen molar-refractivity contribution in [3.8, 4) is 11.5 Å². The van der Waals surface area contributed by atoms with Gasteiger partial charge in [-0.15, -0.1) is 0 Å². The summed E-state index contributed by atoms with van der Waals surface area (Å²) in [6, 6.07) is 5.42. The lowest BCUT2D eigenvalue weighted by atomic mass is 10.1. The zero-order chi connectivity index (χ0) is 12.5. The molecule has 5 nitrogen and oxygen atoms in total. The molecule has 0 bridgehead atoms. The van der Waals surface area contributed by atoms with Crippen LogP contribution in [-0.4, -0.2) is 35.4 Å². The number of carbonyl (C=O) groups is 1. The minimum absolute atomic E-state index is 0.264. The Morgan fingerprint density at radius 3 is 3.06 bits per heavy atom. The summed E-state index contributed by atoms with van der Waals surface area (Å²) in [6.07, 6.45) is 1.68. The highest BCUT2D eigenvalue weighted by Crippen LogP contribution is 2.33. The van der Waals surface area contributed by atoms with Gasteiger partial charge < -0.3 is 14.6 Å². The third kappa shape index (κ3) is 2.01. The second-order valence-corrected chi connectivity index (χ2v) is 4.65. The Kier molecular flexibility index (Phi) is 2.83. The third-order valence-corrected chi connectivity index (χ3v) is 3.47. The lowest BCUT2D eigenvalue weighted by molar-refractivity contribution is -0.142. The number of benzene rings is 1. The standard InChI is InChI=1S/C13H15NO4/c15-13(16)10-2-1-5-14(10)7-9-3-4-11-12(6-9)18-8-17-11/h3-4,6,10H,1-2,5,7-8H2,(H,15,16). The first-order chi connectivity index (χ1) is 8.74. The van der Waals surface area contributed by atoms with E-state index in [2.05, 4.69) is 0 Å². The summed E-state index contributed by atoms with van der Waals surface area (Å²) in [4.78, 5) is 13.1. The molecule has 18 heavy (non-hydrogen) atoms. The summed E-state index contributed by atoms with van der Waals surface area (Å²) in [7, 11) is 0. The van der Waals surface area contributed by atoms with E-state index in [0.717, 1.165) is 36.4 Å². The first kappa shape index (κ1) is 11.3. The fourth-order valence-electron chi connectivity index (χ4n) is 2.57. The molecule has 2 heterocycles. The summed E-state index contributed by atoms with van der Waals surface area (Å²) in [5.74, 6) is 0.779. The Hall–Kier alpha value is -1.75. The second kappa shape index (κ2) is 4.49. The molecule has 1 saturated heterocycles. The number of carboxylic acid groups (broad SMARTS) is 1. The molecule has 1 unspecified atom stereocenters. The van der Waals surface area contributed by atoms with Crippen LogP contribution in [-0.2, 0) is 11.3 Å². The van der Waals surface area contributed by atoms with Crippen LogP contribution in [0.4, 0.5) is 0 Å². The zero-order valence-electron chi connectivity index (χ0n) is 9.96. The summed E-state index contributed by atoms with van der Waals surface area (Å²) in [5.41, 5.74) is 1.06. The van der Waals surface area contributed by atoms with Crippen LogP contribution in [0, 0.1) is 0 Å². The highest BCUT2D eigenvalue weighted by Gasteiger charge is 2.30. The van der Waals surface area contributed by atoms with E-state index in [0.29, 0.717) is 6.54 Å². The molecule has 0 spiro atoms. The maximum Gasteiger partial charge on any atom is 0.320 e. The van der Waals surface area contributed by atoms with Crippen LogP contribution in [0.1, 0.15) is 18.4 Å². The van der Waals surface area contributed by atoms with Crippen molar-refractivity contribution in [1.29, 1.82) is 0 Å². The smallest absolute Gasteiger partial charge is 0.320 e. The number of fused-ring (bicyclic) bond motifs is 1. The second-order valence-electron chi connectivity index (χ2n) is 4.65. The first-order valence-electron chi connectivity index (χ1n) is 6.09. The lowest BCUT2D eigenvalue weighted by Gasteiger charge is -2.21. The molecule has 1 atom stereocenters. The Bertz CT molecular complexity index is 474. The molecule has 96 valence electrons. The summed E-state index contributed by atoms with van der Waals surface area (Å²) < 4.78 is 10.6. The first-order valence-corrected chi connectivity index (χ1v) is 6.09. The number of likely N-dealkylation sites (tertiary alicyclic amines) is 1. The van der Waals surface area contributed by atoms with Crippen LogP contribution >= 0.6 is 0 Å². The number of hydrogen-bond donors (Lipinski definition) is 1. The molecule has 0 radical (unpaired) electrons. The average molecular weight is 249 g/mol. The van der Waals surface area contributed by atoms with E-state index in [1.54, 1.807) is 0 Å². The number of hydrogen-bond acceptors (Lipinski definition) is 4. The highest BCUT2D eigenvalue weighted by molar-refractivity contribution is 5.73. The topological polar surface area (TPSA) is 59.0 Å². The lowest BCUT2D eigenvalue weighted by Crippen LogP contribution is -2.35. The van der Waals surface area contributed by atoms with Gasteiger partial charge >= 0.3 is 5.97 Å². The average Bonchev–Trinajstić information content (AvgIpc) is 2.96. The Balaban J connectivity index is 1.74. The normalized spacial score (nSPS) is 22.3. The van der Waals surface area contributed by atoms with E-state index < -0.39 is 5.97 Å². The fourth-order valence-corrected chi connectivity index (χ4v) is 2.57. The predicted octanol–water partition coefficient (Wildman–Crippen LogP) is 1.46. The molecule has 3 rings (SSSR count). The SMILES string of the molecule is O=C(O)C1CCCN1Cc1ccc2c(c1)OCO2. The molecule has 0 saturated carbocycles. The van der Waals surface area contributed by atoms with Crippen molar-refractivity contribution in [1.82, 2.24) is 4.90 Å². The van der Waals surface area contributed by atoms with Crippen LogP contribution in [0.5, 0.6) is 11.5 Å². The largest absolute Gasteiger partial charge is 0.480 e. The van der Waals surface area contributed by atoms with Crippen molar-refractivity contribution < 1.29 is 19.4 Å². The number of aliphatic carboxylic acids is 1. The zero-order valence-corrected chi connectivity index (χ0v) is 9.96. The van der Waals surface area contributed by atoms with Gasteiger partial charge in [-0.2, -0.15) is 0 Å². The van der Waals surface area contributed by atoms with Crippen molar-refractivity contribution in [2.24, 2.45) is 0 Å². The van der Waals surface area contributed by atoms with Crippen molar-refractivity contribution in [2.45, 2.75) is 25.4 Å². The maximum absolute atomic E-state index is 11.1. The van der Waals surface area contributed by atoms with Gasteiger partial charge in [-0.05, 0) is 37.1 Å². The molecule has 0 aliphatic carbocycles. The van der Waals surface area contributed by atoms with Gasteiger partial charge in [-0.3, -0.25) is 9.69 Å². The van der Waals surface area contributed by atoms with Gasteiger partial charge in [0.05, 0.1) is 0 Å². The fraction of sp³-hybridized carbons (Fsp3) is 0.462. The predicted molar refractivity (Wildman–Crippen MR) is 63.6 cm³/mol. The van der Waals surface area contributed by atoms with E-state index in [1.807, 2.05) is 23.1 Å². The number of rotatable bonds is 3. The van der Waals surface area contributed by atoms with Gasteiger partial charge in [0, 0.05) is 6.54 Å². The number of ether oxygens (including phenoxy) is 2. The third-order valence-electron chi connectivity index (χ3n) is 3.47. The highest BCUT2D eigenvalue weighted by atomic mass is 16.7. The number of nitrogens with zero attached hydrogens (tertiary/aromatic N) is 1. The molecule has 1 aromatic carbocycles. The van der Waals surface area contributed by atoms with Crippen LogP contribution in [0.3, 0.4) is 0 Å². The van der Waals surface area contributed by atoms with Gasteiger partial charge in [0.2, 0.25) is 6.79 Å². The quantitative estimate of drug-likeness (QED) is 0.879. The van der Waals surface area contributed by atoms with E-state index in [-0.39, 0.29) is 12.8 Å². The summed E-state index contributed by atoms with van der Waals surface area (Å²) in [6.45, 7) is 1.75. The molecular formula is C13H15NO4. The summed E-state index contributed by atoms with van der Waals surface area (Å²) >= 11 is 0. The van der Waals surface area contributed by atoms with E-state index in [9.17, 15) is 4.79 Å². The minimum atomic E-state index is -0.728. The van der Waals surface area contributed by atoms with Crippen molar-refractivity contribution in [3.63, 3.8) is 0 Å². The Morgan fingerprint density at radius 1 is 1.39 bits per heavy atom. The van der Waals surface area contributed by atoms with Crippen molar-refractivity contribution in [2.75, 3.05) is 13.3 Å². The van der Waals surface area contributed by atoms with Gasteiger partial charge in [0.25, 0.3) is 0 Å². The Labute approximate surface area is 105 Å². The van der Waals surface area contributed by atoms with Crippen LogP contribution in [0.25, 0.3) is 0 Å². The molecule has 2 aliphatic rings. The van der Waals surface area contributed by atoms with Gasteiger partial charge in [-0.25, -0.2) is 0 Å². The van der Waals surface area contributed by atoms with Gasteiger partial charge in [0.1, 0.15) is 6.04 Å². The molecule has 1 aromatic rings. The van der Waals surface area contributed by atoms with Gasteiger partial charge in [0.15, 0.2) is 11.5 Å². The van der Waals surface area contributed by atoms with E-state index in [1.165, 1.54) is 0 Å². The van der Waals surface area contributed by atoms with E-state index in [4.69, 9.17) is 14.6 Å².